The summed E-state index contributed by atoms with van der Waals surface area (Å²) in [4.78, 5) is 13.5. The molecule has 1 aliphatic rings. The zero-order chi connectivity index (χ0) is 11.5. The van der Waals surface area contributed by atoms with E-state index in [1.165, 1.54) is 12.0 Å². The second-order valence-electron chi connectivity index (χ2n) is 4.39. The predicted molar refractivity (Wildman–Crippen MR) is 64.8 cm³/mol. The third-order valence-corrected chi connectivity index (χ3v) is 3.23. The minimum absolute atomic E-state index is 0.168. The Balaban J connectivity index is 2.23. The fraction of sp³-hybridized carbons (Fsp3) is 0.462. The fourth-order valence-corrected chi connectivity index (χ4v) is 2.37. The van der Waals surface area contributed by atoms with Gasteiger partial charge in [-0.05, 0) is 37.0 Å². The molecular weight excluding hydrogens is 200 g/mol. The number of rotatable bonds is 1. The molecule has 1 atom stereocenters. The highest BCUT2D eigenvalue weighted by atomic mass is 16.2. The maximum absolute atomic E-state index is 11.6. The summed E-state index contributed by atoms with van der Waals surface area (Å²) in [6, 6.07) is 8.11. The van der Waals surface area contributed by atoms with Crippen molar-refractivity contribution in [3.63, 3.8) is 0 Å². The Bertz CT molecular complexity index is 372. The summed E-state index contributed by atoms with van der Waals surface area (Å²) in [6.45, 7) is 2.53. The van der Waals surface area contributed by atoms with E-state index in [9.17, 15) is 4.79 Å². The predicted octanol–water partition coefficient (Wildman–Crippen LogP) is 2.34. The Morgan fingerprint density at radius 3 is 2.62 bits per heavy atom. The van der Waals surface area contributed by atoms with Gasteiger partial charge in [0.15, 0.2) is 0 Å². The number of carbonyl (C=O) groups is 1. The minimum atomic E-state index is 0.168. The van der Waals surface area contributed by atoms with Crippen molar-refractivity contribution in [2.24, 2.45) is 0 Å². The average Bonchev–Trinajstić information content (AvgIpc) is 2.30. The molecule has 2 rings (SSSR count). The van der Waals surface area contributed by atoms with Gasteiger partial charge in [0.2, 0.25) is 5.91 Å². The molecule has 2 N–H and O–H groups in total. The molecule has 0 saturated carbocycles. The lowest BCUT2D eigenvalue weighted by molar-refractivity contribution is -0.132. The summed E-state index contributed by atoms with van der Waals surface area (Å²) in [5.74, 6) is 0.168. The first kappa shape index (κ1) is 11.0. The van der Waals surface area contributed by atoms with Gasteiger partial charge in [0.1, 0.15) is 0 Å². The van der Waals surface area contributed by atoms with Gasteiger partial charge in [-0.3, -0.25) is 4.79 Å². The molecule has 0 spiro atoms. The highest BCUT2D eigenvalue weighted by Crippen LogP contribution is 2.31. The van der Waals surface area contributed by atoms with E-state index >= 15 is 0 Å². The van der Waals surface area contributed by atoms with E-state index in [0.29, 0.717) is 0 Å². The van der Waals surface area contributed by atoms with Crippen molar-refractivity contribution in [2.45, 2.75) is 32.2 Å². The van der Waals surface area contributed by atoms with Crippen molar-refractivity contribution in [2.75, 3.05) is 12.3 Å². The van der Waals surface area contributed by atoms with Crippen LogP contribution in [0.3, 0.4) is 0 Å². The third kappa shape index (κ3) is 2.18. The van der Waals surface area contributed by atoms with Gasteiger partial charge in [-0.2, -0.15) is 0 Å². The van der Waals surface area contributed by atoms with Crippen LogP contribution in [0.15, 0.2) is 24.3 Å². The van der Waals surface area contributed by atoms with Crippen LogP contribution >= 0.6 is 0 Å². The van der Waals surface area contributed by atoms with Gasteiger partial charge in [0.25, 0.3) is 0 Å². The second kappa shape index (κ2) is 4.56. The maximum Gasteiger partial charge on any atom is 0.219 e. The summed E-state index contributed by atoms with van der Waals surface area (Å²) < 4.78 is 0. The minimum Gasteiger partial charge on any atom is -0.399 e. The number of nitrogens with two attached hydrogens (primary N) is 1. The molecule has 1 saturated heterocycles. The lowest BCUT2D eigenvalue weighted by Crippen LogP contribution is -2.36. The van der Waals surface area contributed by atoms with E-state index in [4.69, 9.17) is 5.73 Å². The van der Waals surface area contributed by atoms with E-state index < -0.39 is 0 Å². The Kier molecular flexibility index (Phi) is 3.13. The van der Waals surface area contributed by atoms with Crippen LogP contribution < -0.4 is 5.73 Å². The number of nitrogens with zero attached hydrogens (tertiary/aromatic N) is 1. The zero-order valence-corrected chi connectivity index (χ0v) is 9.65. The number of carbonyl (C=O) groups excluding carboxylic acids is 1. The molecule has 3 nitrogen and oxygen atoms in total. The highest BCUT2D eigenvalue weighted by Gasteiger charge is 2.25. The number of piperidine rings is 1. The first-order chi connectivity index (χ1) is 7.68. The summed E-state index contributed by atoms with van der Waals surface area (Å²) >= 11 is 0. The molecule has 1 aromatic rings. The summed E-state index contributed by atoms with van der Waals surface area (Å²) in [6.07, 6.45) is 3.37. The number of amides is 1. The van der Waals surface area contributed by atoms with Crippen molar-refractivity contribution in [1.29, 1.82) is 0 Å². The van der Waals surface area contributed by atoms with Crippen LogP contribution in [0.5, 0.6) is 0 Å². The Morgan fingerprint density at radius 1 is 1.31 bits per heavy atom. The molecule has 1 heterocycles. The normalized spacial score (nSPS) is 20.8. The van der Waals surface area contributed by atoms with Gasteiger partial charge < -0.3 is 10.6 Å². The maximum atomic E-state index is 11.6. The Labute approximate surface area is 96.2 Å². The molecule has 86 valence electrons. The average molecular weight is 218 g/mol. The molecule has 16 heavy (non-hydrogen) atoms. The second-order valence-corrected chi connectivity index (χ2v) is 4.39. The van der Waals surface area contributed by atoms with Crippen molar-refractivity contribution in [3.8, 4) is 0 Å². The monoisotopic (exact) mass is 218 g/mol. The lowest BCUT2D eigenvalue weighted by atomic mass is 9.95. The van der Waals surface area contributed by atoms with Crippen molar-refractivity contribution in [3.05, 3.63) is 29.8 Å². The lowest BCUT2D eigenvalue weighted by Gasteiger charge is -2.35. The Hall–Kier alpha value is -1.51. The van der Waals surface area contributed by atoms with Gasteiger partial charge >= 0.3 is 0 Å². The summed E-state index contributed by atoms with van der Waals surface area (Å²) in [5, 5.41) is 0. The first-order valence-corrected chi connectivity index (χ1v) is 5.81. The van der Waals surface area contributed by atoms with Crippen LogP contribution in [0.2, 0.25) is 0 Å². The molecule has 3 heteroatoms. The standard InChI is InChI=1S/C13H18N2O/c1-10(16)15-9-3-2-4-13(15)11-5-7-12(14)8-6-11/h5-8,13H,2-4,9,14H2,1H3. The van der Waals surface area contributed by atoms with E-state index in [2.05, 4.69) is 0 Å². The molecule has 1 fully saturated rings. The molecule has 0 aromatic heterocycles. The number of nitrogen functional groups attached to an aromatic ring is 1. The molecule has 1 amide bonds. The SMILES string of the molecule is CC(=O)N1CCCCC1c1ccc(N)cc1. The van der Waals surface area contributed by atoms with Crippen LogP contribution in [-0.4, -0.2) is 17.4 Å². The molecule has 0 radical (unpaired) electrons. The van der Waals surface area contributed by atoms with Gasteiger partial charge in [0.05, 0.1) is 6.04 Å². The van der Waals surface area contributed by atoms with Crippen molar-refractivity contribution in [1.82, 2.24) is 4.90 Å². The van der Waals surface area contributed by atoms with Crippen LogP contribution in [0.4, 0.5) is 5.69 Å². The largest absolute Gasteiger partial charge is 0.399 e. The molecule has 0 aliphatic carbocycles. The fourth-order valence-electron chi connectivity index (χ4n) is 2.37. The van der Waals surface area contributed by atoms with Gasteiger partial charge in [-0.1, -0.05) is 12.1 Å². The zero-order valence-electron chi connectivity index (χ0n) is 9.65. The van der Waals surface area contributed by atoms with Crippen LogP contribution in [0.25, 0.3) is 0 Å². The molecule has 0 bridgehead atoms. The summed E-state index contributed by atoms with van der Waals surface area (Å²) in [7, 11) is 0. The third-order valence-electron chi connectivity index (χ3n) is 3.23. The number of hydrogen-bond donors (Lipinski definition) is 1. The Morgan fingerprint density at radius 2 is 2.00 bits per heavy atom. The van der Waals surface area contributed by atoms with Crippen molar-refractivity contribution < 1.29 is 4.79 Å². The van der Waals surface area contributed by atoms with Crippen LogP contribution in [0.1, 0.15) is 37.8 Å². The highest BCUT2D eigenvalue weighted by molar-refractivity contribution is 5.74. The van der Waals surface area contributed by atoms with Crippen LogP contribution in [0, 0.1) is 0 Å². The van der Waals surface area contributed by atoms with Gasteiger partial charge in [-0.25, -0.2) is 0 Å². The quantitative estimate of drug-likeness (QED) is 0.735. The molecule has 1 unspecified atom stereocenters. The number of hydrogen-bond acceptors (Lipinski definition) is 2. The van der Waals surface area contributed by atoms with E-state index in [1.54, 1.807) is 6.92 Å². The van der Waals surface area contributed by atoms with E-state index in [0.717, 1.165) is 25.1 Å². The smallest absolute Gasteiger partial charge is 0.219 e. The number of anilines is 1. The van der Waals surface area contributed by atoms with Crippen LogP contribution in [-0.2, 0) is 4.79 Å². The topological polar surface area (TPSA) is 46.3 Å². The number of benzene rings is 1. The first-order valence-electron chi connectivity index (χ1n) is 5.81. The van der Waals surface area contributed by atoms with Gasteiger partial charge in [0, 0.05) is 19.2 Å². The molecule has 1 aromatic carbocycles. The summed E-state index contributed by atoms with van der Waals surface area (Å²) in [5.41, 5.74) is 7.64. The van der Waals surface area contributed by atoms with Gasteiger partial charge in [-0.15, -0.1) is 0 Å². The van der Waals surface area contributed by atoms with E-state index in [-0.39, 0.29) is 11.9 Å². The molecule has 1 aliphatic heterocycles. The van der Waals surface area contributed by atoms with E-state index in [1.807, 2.05) is 29.2 Å². The molecular formula is C13H18N2O. The van der Waals surface area contributed by atoms with Crippen molar-refractivity contribution >= 4 is 11.6 Å². The number of likely N-dealkylation sites (tertiary alicyclic amines) is 1.